The maximum absolute atomic E-state index is 11.9. The van der Waals surface area contributed by atoms with Gasteiger partial charge in [-0.3, -0.25) is 9.78 Å². The number of hydrogen-bond acceptors (Lipinski definition) is 4. The van der Waals surface area contributed by atoms with Crippen LogP contribution in [0.2, 0.25) is 0 Å². The third-order valence-corrected chi connectivity index (χ3v) is 3.98. The number of ether oxygens (including phenoxy) is 1. The molecule has 0 saturated carbocycles. The van der Waals surface area contributed by atoms with E-state index in [2.05, 4.69) is 4.98 Å². The lowest BCUT2D eigenvalue weighted by molar-refractivity contribution is -0.140. The molecular formula is C15H15NO2S. The molecule has 0 aliphatic rings. The van der Waals surface area contributed by atoms with Gasteiger partial charge in [-0.15, -0.1) is 11.8 Å². The Bertz CT molecular complexity index is 516. The number of carbonyl (C=O) groups is 1. The third kappa shape index (κ3) is 3.83. The second kappa shape index (κ2) is 6.95. The predicted octanol–water partition coefficient (Wildman–Crippen LogP) is 3.23. The summed E-state index contributed by atoms with van der Waals surface area (Å²) < 4.78 is 4.88. The van der Waals surface area contributed by atoms with Crippen LogP contribution in [0.25, 0.3) is 0 Å². The lowest BCUT2D eigenvalue weighted by Crippen LogP contribution is -2.11. The lowest BCUT2D eigenvalue weighted by Gasteiger charge is -2.14. The van der Waals surface area contributed by atoms with E-state index in [-0.39, 0.29) is 11.2 Å². The zero-order valence-corrected chi connectivity index (χ0v) is 11.5. The summed E-state index contributed by atoms with van der Waals surface area (Å²) in [6.07, 6.45) is 3.51. The highest BCUT2D eigenvalue weighted by Gasteiger charge is 2.21. The molecule has 2 aromatic rings. The molecule has 2 rings (SSSR count). The molecule has 0 saturated heterocycles. The van der Waals surface area contributed by atoms with E-state index >= 15 is 0 Å². The summed E-state index contributed by atoms with van der Waals surface area (Å²) in [7, 11) is 1.42. The molecule has 0 amide bonds. The summed E-state index contributed by atoms with van der Waals surface area (Å²) >= 11 is 1.56. The van der Waals surface area contributed by atoms with Gasteiger partial charge < -0.3 is 4.74 Å². The van der Waals surface area contributed by atoms with Crippen LogP contribution in [0, 0.1) is 0 Å². The Morgan fingerprint density at radius 1 is 1.21 bits per heavy atom. The highest BCUT2D eigenvalue weighted by molar-refractivity contribution is 7.99. The van der Waals surface area contributed by atoms with Crippen LogP contribution >= 0.6 is 11.8 Å². The Morgan fingerprint density at radius 2 is 1.89 bits per heavy atom. The van der Waals surface area contributed by atoms with Crippen LogP contribution in [0.15, 0.2) is 54.9 Å². The van der Waals surface area contributed by atoms with Crippen molar-refractivity contribution in [2.75, 3.05) is 7.11 Å². The van der Waals surface area contributed by atoms with E-state index in [9.17, 15) is 4.79 Å². The average Bonchev–Trinajstić information content (AvgIpc) is 2.49. The van der Waals surface area contributed by atoms with E-state index in [1.165, 1.54) is 7.11 Å². The highest BCUT2D eigenvalue weighted by atomic mass is 32.2. The van der Waals surface area contributed by atoms with E-state index < -0.39 is 0 Å². The summed E-state index contributed by atoms with van der Waals surface area (Å²) in [6.45, 7) is 0. The fourth-order valence-corrected chi connectivity index (χ4v) is 2.83. The Morgan fingerprint density at radius 3 is 2.53 bits per heavy atom. The van der Waals surface area contributed by atoms with E-state index in [0.29, 0.717) is 0 Å². The van der Waals surface area contributed by atoms with Gasteiger partial charge in [0.2, 0.25) is 0 Å². The summed E-state index contributed by atoms with van der Waals surface area (Å²) in [5.74, 6) is 0.530. The smallest absolute Gasteiger partial charge is 0.323 e. The van der Waals surface area contributed by atoms with Gasteiger partial charge in [0, 0.05) is 18.1 Å². The van der Waals surface area contributed by atoms with Crippen molar-refractivity contribution in [2.45, 2.75) is 11.0 Å². The van der Waals surface area contributed by atoms with Gasteiger partial charge in [0.1, 0.15) is 5.25 Å². The van der Waals surface area contributed by atoms with Crippen LogP contribution in [0.5, 0.6) is 0 Å². The maximum atomic E-state index is 11.9. The van der Waals surface area contributed by atoms with Gasteiger partial charge in [-0.05, 0) is 23.3 Å². The molecule has 0 radical (unpaired) electrons. The molecule has 0 spiro atoms. The van der Waals surface area contributed by atoms with Crippen molar-refractivity contribution in [1.29, 1.82) is 0 Å². The number of thioether (sulfide) groups is 1. The number of nitrogens with zero attached hydrogens (tertiary/aromatic N) is 1. The Hall–Kier alpha value is -1.81. The zero-order chi connectivity index (χ0) is 13.5. The van der Waals surface area contributed by atoms with Crippen molar-refractivity contribution < 1.29 is 9.53 Å². The van der Waals surface area contributed by atoms with E-state index in [1.54, 1.807) is 24.2 Å². The van der Waals surface area contributed by atoms with Crippen molar-refractivity contribution in [3.63, 3.8) is 0 Å². The van der Waals surface area contributed by atoms with Crippen molar-refractivity contribution >= 4 is 17.7 Å². The quantitative estimate of drug-likeness (QED) is 0.784. The molecule has 1 unspecified atom stereocenters. The summed E-state index contributed by atoms with van der Waals surface area (Å²) in [6, 6.07) is 13.6. The molecule has 0 fully saturated rings. The van der Waals surface area contributed by atoms with Crippen LogP contribution in [0.4, 0.5) is 0 Å². The first kappa shape index (κ1) is 13.6. The molecule has 19 heavy (non-hydrogen) atoms. The topological polar surface area (TPSA) is 39.2 Å². The second-order valence-electron chi connectivity index (χ2n) is 3.98. The van der Waals surface area contributed by atoms with Crippen LogP contribution in [0.1, 0.15) is 16.4 Å². The number of hydrogen-bond donors (Lipinski definition) is 0. The monoisotopic (exact) mass is 273 g/mol. The number of pyridine rings is 1. The number of rotatable bonds is 5. The van der Waals surface area contributed by atoms with Crippen molar-refractivity contribution in [1.82, 2.24) is 4.98 Å². The van der Waals surface area contributed by atoms with Gasteiger partial charge >= 0.3 is 5.97 Å². The first-order chi connectivity index (χ1) is 9.31. The SMILES string of the molecule is COC(=O)C(SCc1ccncc1)c1ccccc1. The Balaban J connectivity index is 2.09. The number of carbonyl (C=O) groups excluding carboxylic acids is 1. The summed E-state index contributed by atoms with van der Waals surface area (Å²) in [4.78, 5) is 15.9. The number of aromatic nitrogens is 1. The minimum absolute atomic E-state index is 0.217. The van der Waals surface area contributed by atoms with Crippen molar-refractivity contribution in [2.24, 2.45) is 0 Å². The molecule has 98 valence electrons. The highest BCUT2D eigenvalue weighted by Crippen LogP contribution is 2.32. The molecule has 1 aromatic carbocycles. The third-order valence-electron chi connectivity index (χ3n) is 2.68. The number of methoxy groups -OCH3 is 1. The van der Waals surface area contributed by atoms with E-state index in [1.807, 2.05) is 42.5 Å². The van der Waals surface area contributed by atoms with Gasteiger partial charge in [-0.1, -0.05) is 30.3 Å². The summed E-state index contributed by atoms with van der Waals surface area (Å²) in [5.41, 5.74) is 2.11. The van der Waals surface area contributed by atoms with E-state index in [0.717, 1.165) is 16.9 Å². The minimum Gasteiger partial charge on any atom is -0.468 e. The zero-order valence-electron chi connectivity index (χ0n) is 10.7. The van der Waals surface area contributed by atoms with E-state index in [4.69, 9.17) is 4.74 Å². The molecule has 0 aliphatic heterocycles. The second-order valence-corrected chi connectivity index (χ2v) is 5.07. The molecule has 0 bridgehead atoms. The predicted molar refractivity (Wildman–Crippen MR) is 76.7 cm³/mol. The summed E-state index contributed by atoms with van der Waals surface area (Å²) in [5, 5.41) is -0.292. The fourth-order valence-electron chi connectivity index (χ4n) is 1.69. The first-order valence-corrected chi connectivity index (χ1v) is 6.99. The average molecular weight is 273 g/mol. The molecule has 1 heterocycles. The Labute approximate surface area is 117 Å². The number of esters is 1. The van der Waals surface area contributed by atoms with Crippen LogP contribution < -0.4 is 0 Å². The van der Waals surface area contributed by atoms with Gasteiger partial charge in [0.25, 0.3) is 0 Å². The minimum atomic E-state index is -0.292. The standard InChI is InChI=1S/C15H15NO2S/c1-18-15(17)14(13-5-3-2-4-6-13)19-11-12-7-9-16-10-8-12/h2-10,14H,11H2,1H3. The van der Waals surface area contributed by atoms with Gasteiger partial charge in [-0.2, -0.15) is 0 Å². The molecular weight excluding hydrogens is 258 g/mol. The lowest BCUT2D eigenvalue weighted by atomic mass is 10.1. The van der Waals surface area contributed by atoms with Gasteiger partial charge in [0.15, 0.2) is 0 Å². The molecule has 1 atom stereocenters. The molecule has 3 nitrogen and oxygen atoms in total. The maximum Gasteiger partial charge on any atom is 0.323 e. The number of benzene rings is 1. The van der Waals surface area contributed by atoms with Gasteiger partial charge in [0.05, 0.1) is 7.11 Å². The molecule has 0 N–H and O–H groups in total. The van der Waals surface area contributed by atoms with Crippen molar-refractivity contribution in [3.05, 3.63) is 66.0 Å². The van der Waals surface area contributed by atoms with Crippen LogP contribution in [-0.4, -0.2) is 18.1 Å². The molecule has 0 aliphatic carbocycles. The van der Waals surface area contributed by atoms with Crippen LogP contribution in [0.3, 0.4) is 0 Å². The Kier molecular flexibility index (Phi) is 4.98. The normalized spacial score (nSPS) is 11.8. The molecule has 1 aromatic heterocycles. The van der Waals surface area contributed by atoms with Crippen molar-refractivity contribution in [3.8, 4) is 0 Å². The first-order valence-electron chi connectivity index (χ1n) is 5.94. The fraction of sp³-hybridized carbons (Fsp3) is 0.200. The largest absolute Gasteiger partial charge is 0.468 e. The van der Waals surface area contributed by atoms with Crippen LogP contribution in [-0.2, 0) is 15.3 Å². The van der Waals surface area contributed by atoms with Gasteiger partial charge in [-0.25, -0.2) is 0 Å². The molecule has 4 heteroatoms.